The number of amides is 1. The minimum Gasteiger partial charge on any atom is -0.326 e. The molecule has 3 N–H and O–H groups in total. The van der Waals surface area contributed by atoms with Gasteiger partial charge in [0.25, 0.3) is 5.56 Å². The molecule has 2 aromatic rings. The van der Waals surface area contributed by atoms with E-state index in [-0.39, 0.29) is 17.4 Å². The maximum Gasteiger partial charge on any atom is 0.251 e. The zero-order valence-corrected chi connectivity index (χ0v) is 13.2. The third kappa shape index (κ3) is 3.48. The molecule has 0 spiro atoms. The summed E-state index contributed by atoms with van der Waals surface area (Å²) in [5.41, 5.74) is 2.05. The molecule has 1 aliphatic rings. The highest BCUT2D eigenvalue weighted by Gasteiger charge is 2.28. The highest BCUT2D eigenvalue weighted by molar-refractivity contribution is 5.92. The number of rotatable bonds is 4. The molecule has 6 nitrogen and oxygen atoms in total. The Morgan fingerprint density at radius 1 is 1.30 bits per heavy atom. The molecule has 120 valence electrons. The molecule has 1 atom stereocenters. The minimum atomic E-state index is -0.173. The predicted octanol–water partition coefficient (Wildman–Crippen LogP) is 1.54. The smallest absolute Gasteiger partial charge is 0.251 e. The maximum atomic E-state index is 12.2. The van der Waals surface area contributed by atoms with Crippen molar-refractivity contribution in [1.29, 1.82) is 0 Å². The van der Waals surface area contributed by atoms with Gasteiger partial charge >= 0.3 is 0 Å². The number of anilines is 1. The highest BCUT2D eigenvalue weighted by atomic mass is 16.2. The van der Waals surface area contributed by atoms with Crippen LogP contribution >= 0.6 is 0 Å². The van der Waals surface area contributed by atoms with E-state index < -0.39 is 0 Å². The maximum absolute atomic E-state index is 12.2. The molecular formula is C17H20N4O2. The summed E-state index contributed by atoms with van der Waals surface area (Å²) in [4.78, 5) is 30.7. The molecule has 2 heterocycles. The van der Waals surface area contributed by atoms with Crippen LogP contribution in [0.2, 0.25) is 0 Å². The molecule has 1 aliphatic heterocycles. The number of aromatic amines is 1. The SMILES string of the molecule is Cc1cc(=O)[nH]c(-c2ccc(NC(=O)C(C)C3CNC3)cc2)n1. The summed E-state index contributed by atoms with van der Waals surface area (Å²) >= 11 is 0. The first kappa shape index (κ1) is 15.4. The van der Waals surface area contributed by atoms with Crippen molar-refractivity contribution in [3.8, 4) is 11.4 Å². The topological polar surface area (TPSA) is 86.9 Å². The van der Waals surface area contributed by atoms with E-state index in [1.165, 1.54) is 6.07 Å². The first-order valence-corrected chi connectivity index (χ1v) is 7.73. The van der Waals surface area contributed by atoms with Crippen LogP contribution in [0.25, 0.3) is 11.4 Å². The molecule has 1 amide bonds. The second kappa shape index (κ2) is 6.34. The highest BCUT2D eigenvalue weighted by Crippen LogP contribution is 2.20. The van der Waals surface area contributed by atoms with Crippen LogP contribution in [0.5, 0.6) is 0 Å². The first-order valence-electron chi connectivity index (χ1n) is 7.73. The standard InChI is InChI=1S/C17H20N4O2/c1-10-7-15(22)21-16(19-10)12-3-5-14(6-4-12)20-17(23)11(2)13-8-18-9-13/h3-7,11,13,18H,8-9H2,1-2H3,(H,20,23)(H,19,21,22). The lowest BCUT2D eigenvalue weighted by atomic mass is 9.88. The van der Waals surface area contributed by atoms with Crippen LogP contribution in [-0.2, 0) is 4.79 Å². The number of carbonyl (C=O) groups excluding carboxylic acids is 1. The van der Waals surface area contributed by atoms with E-state index in [4.69, 9.17) is 0 Å². The van der Waals surface area contributed by atoms with E-state index in [1.807, 2.05) is 31.2 Å². The van der Waals surface area contributed by atoms with E-state index in [9.17, 15) is 9.59 Å². The second-order valence-electron chi connectivity index (χ2n) is 6.01. The number of nitrogens with one attached hydrogen (secondary N) is 3. The summed E-state index contributed by atoms with van der Waals surface area (Å²) in [6.07, 6.45) is 0. The molecular weight excluding hydrogens is 292 g/mol. The Balaban J connectivity index is 1.71. The van der Waals surface area contributed by atoms with Gasteiger partial charge in [0.2, 0.25) is 5.91 Å². The Bertz CT molecular complexity index is 763. The number of benzene rings is 1. The molecule has 3 rings (SSSR count). The van der Waals surface area contributed by atoms with Crippen LogP contribution in [0.15, 0.2) is 35.1 Å². The Morgan fingerprint density at radius 3 is 2.57 bits per heavy atom. The molecule has 0 saturated carbocycles. The van der Waals surface area contributed by atoms with Gasteiger partial charge < -0.3 is 15.6 Å². The Hall–Kier alpha value is -2.47. The van der Waals surface area contributed by atoms with Gasteiger partial charge in [0.15, 0.2) is 0 Å². The van der Waals surface area contributed by atoms with E-state index >= 15 is 0 Å². The lowest BCUT2D eigenvalue weighted by Crippen LogP contribution is -2.48. The van der Waals surface area contributed by atoms with Crippen LogP contribution in [0.3, 0.4) is 0 Å². The molecule has 6 heteroatoms. The zero-order chi connectivity index (χ0) is 16.4. The molecule has 1 fully saturated rings. The Kier molecular flexibility index (Phi) is 4.25. The summed E-state index contributed by atoms with van der Waals surface area (Å²) in [7, 11) is 0. The van der Waals surface area contributed by atoms with Crippen LogP contribution in [0.1, 0.15) is 12.6 Å². The number of aromatic nitrogens is 2. The molecule has 1 aromatic carbocycles. The third-order valence-corrected chi connectivity index (χ3v) is 4.23. The van der Waals surface area contributed by atoms with Gasteiger partial charge in [-0.1, -0.05) is 6.92 Å². The first-order chi connectivity index (χ1) is 11.0. The van der Waals surface area contributed by atoms with Gasteiger partial charge in [-0.2, -0.15) is 0 Å². The second-order valence-corrected chi connectivity index (χ2v) is 6.01. The molecule has 23 heavy (non-hydrogen) atoms. The normalized spacial score (nSPS) is 15.7. The zero-order valence-electron chi connectivity index (χ0n) is 13.2. The molecule has 1 unspecified atom stereocenters. The summed E-state index contributed by atoms with van der Waals surface area (Å²) in [5.74, 6) is 0.967. The number of nitrogens with zero attached hydrogens (tertiary/aromatic N) is 1. The van der Waals surface area contributed by atoms with Gasteiger partial charge in [-0.15, -0.1) is 0 Å². The van der Waals surface area contributed by atoms with Crippen LogP contribution in [0.4, 0.5) is 5.69 Å². The fourth-order valence-corrected chi connectivity index (χ4v) is 2.56. The molecule has 0 radical (unpaired) electrons. The third-order valence-electron chi connectivity index (χ3n) is 4.23. The summed E-state index contributed by atoms with van der Waals surface area (Å²) in [5, 5.41) is 6.11. The lowest BCUT2D eigenvalue weighted by Gasteiger charge is -2.31. The molecule has 1 aromatic heterocycles. The molecule has 1 saturated heterocycles. The van der Waals surface area contributed by atoms with Gasteiger partial charge in [-0.25, -0.2) is 4.98 Å². The van der Waals surface area contributed by atoms with E-state index in [0.29, 0.717) is 17.4 Å². The summed E-state index contributed by atoms with van der Waals surface area (Å²) in [6.45, 7) is 5.54. The van der Waals surface area contributed by atoms with Gasteiger partial charge in [0, 0.05) is 28.9 Å². The Labute approximate surface area is 134 Å². The van der Waals surface area contributed by atoms with Gasteiger partial charge in [-0.3, -0.25) is 9.59 Å². The fourth-order valence-electron chi connectivity index (χ4n) is 2.56. The van der Waals surface area contributed by atoms with Gasteiger partial charge in [0.1, 0.15) is 5.82 Å². The van der Waals surface area contributed by atoms with Gasteiger partial charge in [0.05, 0.1) is 0 Å². The quantitative estimate of drug-likeness (QED) is 0.799. The van der Waals surface area contributed by atoms with E-state index in [1.54, 1.807) is 6.92 Å². The minimum absolute atomic E-state index is 0.00859. The summed E-state index contributed by atoms with van der Waals surface area (Å²) in [6, 6.07) is 8.77. The number of aryl methyl sites for hydroxylation is 1. The average molecular weight is 312 g/mol. The van der Waals surface area contributed by atoms with Crippen molar-refractivity contribution in [2.45, 2.75) is 13.8 Å². The summed E-state index contributed by atoms with van der Waals surface area (Å²) < 4.78 is 0. The molecule has 0 bridgehead atoms. The van der Waals surface area contributed by atoms with E-state index in [2.05, 4.69) is 20.6 Å². The van der Waals surface area contributed by atoms with Crippen LogP contribution < -0.4 is 16.2 Å². The largest absolute Gasteiger partial charge is 0.326 e. The fraction of sp³-hybridized carbons (Fsp3) is 0.353. The van der Waals surface area contributed by atoms with Crippen molar-refractivity contribution in [2.24, 2.45) is 11.8 Å². The number of hydrogen-bond acceptors (Lipinski definition) is 4. The number of hydrogen-bond donors (Lipinski definition) is 3. The number of carbonyl (C=O) groups is 1. The van der Waals surface area contributed by atoms with Crippen molar-refractivity contribution < 1.29 is 4.79 Å². The van der Waals surface area contributed by atoms with Crippen molar-refractivity contribution in [3.05, 3.63) is 46.4 Å². The number of H-pyrrole nitrogens is 1. The predicted molar refractivity (Wildman–Crippen MR) is 89.2 cm³/mol. The van der Waals surface area contributed by atoms with Crippen LogP contribution in [-0.4, -0.2) is 29.0 Å². The van der Waals surface area contributed by atoms with Gasteiger partial charge in [-0.05, 0) is 50.2 Å². The van der Waals surface area contributed by atoms with Crippen molar-refractivity contribution >= 4 is 11.6 Å². The van der Waals surface area contributed by atoms with Crippen LogP contribution in [0, 0.1) is 18.8 Å². The lowest BCUT2D eigenvalue weighted by molar-refractivity contribution is -0.121. The monoisotopic (exact) mass is 312 g/mol. The van der Waals surface area contributed by atoms with E-state index in [0.717, 1.165) is 24.3 Å². The Morgan fingerprint density at radius 2 is 2.00 bits per heavy atom. The van der Waals surface area contributed by atoms with Crippen molar-refractivity contribution in [2.75, 3.05) is 18.4 Å². The average Bonchev–Trinajstić information content (AvgIpc) is 2.45. The van der Waals surface area contributed by atoms with Crippen molar-refractivity contribution in [1.82, 2.24) is 15.3 Å². The van der Waals surface area contributed by atoms with Crippen molar-refractivity contribution in [3.63, 3.8) is 0 Å². The molecule has 0 aliphatic carbocycles.